The quantitative estimate of drug-likeness (QED) is 0.483. The topological polar surface area (TPSA) is 94.0 Å². The number of fused-ring (bicyclic) bond motifs is 1. The first-order chi connectivity index (χ1) is 16.2. The van der Waals surface area contributed by atoms with E-state index in [1.165, 1.54) is 0 Å². The molecule has 3 heterocycles. The van der Waals surface area contributed by atoms with E-state index >= 15 is 0 Å². The molecule has 1 aliphatic rings. The number of methoxy groups -OCH3 is 1. The zero-order valence-corrected chi connectivity index (χ0v) is 18.2. The number of nitrogens with zero attached hydrogens (tertiary/aromatic N) is 4. The standard InChI is InChI=1S/C25H22N6O2/c1-16-21(24(32)28-19-12-6-7-13-20(19)33-2)22(18-11-8-14-26-15-18)31-25(27-16)29-23(30-31)17-9-4-3-5-10-17/h3-15,22H,1-2H3,(H,28,32)(H,27,29,30). The van der Waals surface area contributed by atoms with Gasteiger partial charge < -0.3 is 15.4 Å². The van der Waals surface area contributed by atoms with Crippen molar-refractivity contribution in [1.82, 2.24) is 19.7 Å². The van der Waals surface area contributed by atoms with Crippen LogP contribution >= 0.6 is 0 Å². The van der Waals surface area contributed by atoms with Gasteiger partial charge >= 0.3 is 0 Å². The second-order valence-electron chi connectivity index (χ2n) is 7.58. The van der Waals surface area contributed by atoms with E-state index in [0.717, 1.165) is 11.1 Å². The van der Waals surface area contributed by atoms with Crippen LogP contribution in [0, 0.1) is 0 Å². The molecule has 5 rings (SSSR count). The summed E-state index contributed by atoms with van der Waals surface area (Å²) >= 11 is 0. The third-order valence-corrected chi connectivity index (χ3v) is 5.48. The van der Waals surface area contributed by atoms with E-state index in [-0.39, 0.29) is 5.91 Å². The van der Waals surface area contributed by atoms with Crippen LogP contribution in [0.4, 0.5) is 11.6 Å². The minimum atomic E-state index is -0.505. The number of ether oxygens (including phenoxy) is 1. The Labute approximate surface area is 191 Å². The molecule has 1 unspecified atom stereocenters. The van der Waals surface area contributed by atoms with Gasteiger partial charge in [-0.1, -0.05) is 48.5 Å². The van der Waals surface area contributed by atoms with E-state index in [1.807, 2.05) is 61.5 Å². The molecule has 0 bridgehead atoms. The number of carbonyl (C=O) groups excluding carboxylic acids is 1. The minimum absolute atomic E-state index is 0.263. The van der Waals surface area contributed by atoms with Crippen molar-refractivity contribution in [2.45, 2.75) is 13.0 Å². The molecular formula is C25H22N6O2. The maximum Gasteiger partial charge on any atom is 0.255 e. The number of aromatic nitrogens is 4. The van der Waals surface area contributed by atoms with Gasteiger partial charge in [-0.15, -0.1) is 5.10 Å². The van der Waals surface area contributed by atoms with Crippen LogP contribution in [0.5, 0.6) is 5.75 Å². The third-order valence-electron chi connectivity index (χ3n) is 5.48. The fraction of sp³-hybridized carbons (Fsp3) is 0.120. The van der Waals surface area contributed by atoms with Gasteiger partial charge in [-0.05, 0) is 30.7 Å². The number of pyridine rings is 1. The molecule has 0 saturated carbocycles. The summed E-state index contributed by atoms with van der Waals surface area (Å²) in [5.41, 5.74) is 3.52. The molecule has 2 aromatic carbocycles. The average Bonchev–Trinajstić information content (AvgIpc) is 3.28. The van der Waals surface area contributed by atoms with Gasteiger partial charge in [-0.25, -0.2) is 4.68 Å². The van der Waals surface area contributed by atoms with Crippen molar-refractivity contribution in [3.63, 3.8) is 0 Å². The Kier molecular flexibility index (Phi) is 5.32. The summed E-state index contributed by atoms with van der Waals surface area (Å²) in [5.74, 6) is 1.46. The van der Waals surface area contributed by atoms with E-state index < -0.39 is 6.04 Å². The third kappa shape index (κ3) is 3.82. The molecule has 2 N–H and O–H groups in total. The predicted octanol–water partition coefficient (Wildman–Crippen LogP) is 4.28. The van der Waals surface area contributed by atoms with Crippen LogP contribution in [0.25, 0.3) is 11.4 Å². The van der Waals surface area contributed by atoms with Crippen molar-refractivity contribution in [3.8, 4) is 17.1 Å². The van der Waals surface area contributed by atoms with Gasteiger partial charge in [0.25, 0.3) is 5.91 Å². The Morgan fingerprint density at radius 3 is 2.61 bits per heavy atom. The number of nitrogens with one attached hydrogen (secondary N) is 2. The summed E-state index contributed by atoms with van der Waals surface area (Å²) in [6, 6.07) is 20.3. The molecule has 0 radical (unpaired) electrons. The van der Waals surface area contributed by atoms with Crippen LogP contribution in [-0.2, 0) is 4.79 Å². The van der Waals surface area contributed by atoms with E-state index in [4.69, 9.17) is 9.84 Å². The first kappa shape index (κ1) is 20.4. The highest BCUT2D eigenvalue weighted by Gasteiger charge is 2.34. The second kappa shape index (κ2) is 8.58. The molecule has 164 valence electrons. The van der Waals surface area contributed by atoms with Gasteiger partial charge in [-0.3, -0.25) is 9.78 Å². The van der Waals surface area contributed by atoms with Gasteiger partial charge in [0.15, 0.2) is 5.82 Å². The smallest absolute Gasteiger partial charge is 0.255 e. The van der Waals surface area contributed by atoms with Gasteiger partial charge in [0.2, 0.25) is 5.95 Å². The van der Waals surface area contributed by atoms with Crippen molar-refractivity contribution in [2.75, 3.05) is 17.7 Å². The summed E-state index contributed by atoms with van der Waals surface area (Å²) in [4.78, 5) is 22.5. The zero-order valence-electron chi connectivity index (χ0n) is 18.2. The van der Waals surface area contributed by atoms with Crippen LogP contribution < -0.4 is 15.4 Å². The van der Waals surface area contributed by atoms with Gasteiger partial charge in [-0.2, -0.15) is 4.98 Å². The van der Waals surface area contributed by atoms with Crippen molar-refractivity contribution < 1.29 is 9.53 Å². The number of para-hydroxylation sites is 2. The van der Waals surface area contributed by atoms with E-state index in [0.29, 0.717) is 34.5 Å². The molecule has 0 aliphatic carbocycles. The number of allylic oxidation sites excluding steroid dienone is 1. The normalized spacial score (nSPS) is 14.9. The first-order valence-electron chi connectivity index (χ1n) is 10.5. The number of anilines is 2. The number of amides is 1. The van der Waals surface area contributed by atoms with Crippen LogP contribution in [0.3, 0.4) is 0 Å². The number of hydrogen-bond acceptors (Lipinski definition) is 6. The predicted molar refractivity (Wildman–Crippen MR) is 126 cm³/mol. The Balaban J connectivity index is 1.59. The van der Waals surface area contributed by atoms with E-state index in [1.54, 1.807) is 36.3 Å². The second-order valence-corrected chi connectivity index (χ2v) is 7.58. The number of hydrogen-bond donors (Lipinski definition) is 2. The van der Waals surface area contributed by atoms with Crippen molar-refractivity contribution in [1.29, 1.82) is 0 Å². The Hall–Kier alpha value is -4.46. The van der Waals surface area contributed by atoms with Gasteiger partial charge in [0.05, 0.1) is 18.4 Å². The molecule has 8 nitrogen and oxygen atoms in total. The number of rotatable bonds is 5. The lowest BCUT2D eigenvalue weighted by atomic mass is 9.96. The van der Waals surface area contributed by atoms with Gasteiger partial charge in [0.1, 0.15) is 11.8 Å². The summed E-state index contributed by atoms with van der Waals surface area (Å²) in [5, 5.41) is 11.0. The van der Waals surface area contributed by atoms with Crippen molar-refractivity contribution in [3.05, 3.63) is 96.0 Å². The lowest BCUT2D eigenvalue weighted by molar-refractivity contribution is -0.113. The monoisotopic (exact) mass is 438 g/mol. The van der Waals surface area contributed by atoms with Crippen molar-refractivity contribution in [2.24, 2.45) is 0 Å². The highest BCUT2D eigenvalue weighted by Crippen LogP contribution is 2.37. The summed E-state index contributed by atoms with van der Waals surface area (Å²) in [6.45, 7) is 1.86. The SMILES string of the molecule is COc1ccccc1NC(=O)C1=C(C)Nc2nc(-c3ccccc3)nn2C1c1cccnc1. The van der Waals surface area contributed by atoms with Crippen LogP contribution in [-0.4, -0.2) is 32.8 Å². The molecule has 1 aliphatic heterocycles. The average molecular weight is 438 g/mol. The number of benzene rings is 2. The van der Waals surface area contributed by atoms with Crippen LogP contribution in [0.15, 0.2) is 90.4 Å². The van der Waals surface area contributed by atoms with Crippen molar-refractivity contribution >= 4 is 17.5 Å². The molecule has 0 fully saturated rings. The lowest BCUT2D eigenvalue weighted by Crippen LogP contribution is -2.31. The largest absolute Gasteiger partial charge is 0.495 e. The highest BCUT2D eigenvalue weighted by molar-refractivity contribution is 6.06. The fourth-order valence-corrected chi connectivity index (χ4v) is 3.94. The maximum atomic E-state index is 13.6. The van der Waals surface area contributed by atoms with Crippen LogP contribution in [0.2, 0.25) is 0 Å². The molecule has 8 heteroatoms. The molecule has 4 aromatic rings. The molecule has 33 heavy (non-hydrogen) atoms. The summed E-state index contributed by atoms with van der Waals surface area (Å²) in [7, 11) is 1.57. The zero-order chi connectivity index (χ0) is 22.8. The molecule has 0 spiro atoms. The lowest BCUT2D eigenvalue weighted by Gasteiger charge is -2.28. The molecule has 2 aromatic heterocycles. The molecule has 0 saturated heterocycles. The van der Waals surface area contributed by atoms with Gasteiger partial charge in [0, 0.05) is 23.7 Å². The molecule has 1 atom stereocenters. The molecule has 1 amide bonds. The van der Waals surface area contributed by atoms with E-state index in [9.17, 15) is 4.79 Å². The molecular weight excluding hydrogens is 416 g/mol. The van der Waals surface area contributed by atoms with Crippen LogP contribution in [0.1, 0.15) is 18.5 Å². The number of carbonyl (C=O) groups is 1. The summed E-state index contributed by atoms with van der Waals surface area (Å²) < 4.78 is 7.14. The Morgan fingerprint density at radius 2 is 1.85 bits per heavy atom. The maximum absolute atomic E-state index is 13.6. The first-order valence-corrected chi connectivity index (χ1v) is 10.5. The highest BCUT2D eigenvalue weighted by atomic mass is 16.5. The summed E-state index contributed by atoms with van der Waals surface area (Å²) in [6.07, 6.45) is 3.45. The minimum Gasteiger partial charge on any atom is -0.495 e. The Bertz CT molecular complexity index is 1330. The fourth-order valence-electron chi connectivity index (χ4n) is 3.94. The Morgan fingerprint density at radius 1 is 1.06 bits per heavy atom. The van der Waals surface area contributed by atoms with E-state index in [2.05, 4.69) is 20.6 Å².